The first-order valence-electron chi connectivity index (χ1n) is 13.0. The van der Waals surface area contributed by atoms with Crippen molar-refractivity contribution in [1.82, 2.24) is 0 Å². The molecule has 15 heteroatoms. The third-order valence-electron chi connectivity index (χ3n) is 6.33. The quantitative estimate of drug-likeness (QED) is 0.251. The molecule has 0 saturated carbocycles. The van der Waals surface area contributed by atoms with Crippen molar-refractivity contribution in [3.05, 3.63) is 0 Å². The van der Waals surface area contributed by atoms with Crippen LogP contribution in [0.5, 0.6) is 0 Å². The minimum absolute atomic E-state index is 0.110. The predicted molar refractivity (Wildman–Crippen MR) is 133 cm³/mol. The number of carbonyl (C=O) groups is 6. The minimum Gasteiger partial charge on any atom is -0.463 e. The van der Waals surface area contributed by atoms with Crippen LogP contribution in [0.15, 0.2) is 0 Å². The molecule has 0 radical (unpaired) electrons. The van der Waals surface area contributed by atoms with Gasteiger partial charge in [-0.05, 0) is 13.3 Å². The fraction of sp³-hybridized carbons (Fsp3) is 0.769. The van der Waals surface area contributed by atoms with Gasteiger partial charge in [0.25, 0.3) is 0 Å². The lowest BCUT2D eigenvalue weighted by Gasteiger charge is -2.48. The highest BCUT2D eigenvalue weighted by Gasteiger charge is 2.55. The first-order chi connectivity index (χ1) is 19.1. The van der Waals surface area contributed by atoms with Gasteiger partial charge in [0.2, 0.25) is 0 Å². The van der Waals surface area contributed by atoms with Gasteiger partial charge in [0, 0.05) is 48.7 Å². The van der Waals surface area contributed by atoms with E-state index in [-0.39, 0.29) is 13.0 Å². The molecule has 2 fully saturated rings. The summed E-state index contributed by atoms with van der Waals surface area (Å²) in [6, 6.07) is 0. The van der Waals surface area contributed by atoms with E-state index in [1.54, 1.807) is 6.92 Å². The molecule has 0 unspecified atom stereocenters. The highest BCUT2D eigenvalue weighted by molar-refractivity contribution is 5.69. The zero-order valence-corrected chi connectivity index (χ0v) is 24.3. The summed E-state index contributed by atoms with van der Waals surface area (Å²) in [6.07, 6.45) is -10.3. The molecule has 0 aromatic heterocycles. The Hall–Kier alpha value is -3.30. The molecular formula is C26H38O15. The molecule has 0 bridgehead atoms. The lowest BCUT2D eigenvalue weighted by Crippen LogP contribution is -2.63. The number of hydrogen-bond acceptors (Lipinski definition) is 15. The van der Waals surface area contributed by atoms with Gasteiger partial charge in [-0.2, -0.15) is 0 Å². The van der Waals surface area contributed by atoms with E-state index >= 15 is 0 Å². The maximum absolute atomic E-state index is 12.2. The summed E-state index contributed by atoms with van der Waals surface area (Å²) in [6.45, 7) is 8.16. The van der Waals surface area contributed by atoms with Crippen LogP contribution < -0.4 is 0 Å². The van der Waals surface area contributed by atoms with E-state index in [4.69, 9.17) is 42.6 Å². The lowest BCUT2D eigenvalue weighted by atomic mass is 9.82. The molecule has 41 heavy (non-hydrogen) atoms. The largest absolute Gasteiger partial charge is 0.463 e. The average Bonchev–Trinajstić information content (AvgIpc) is 2.83. The monoisotopic (exact) mass is 590 g/mol. The number of rotatable bonds is 10. The van der Waals surface area contributed by atoms with E-state index in [9.17, 15) is 28.8 Å². The highest BCUT2D eigenvalue weighted by Crippen LogP contribution is 2.38. The van der Waals surface area contributed by atoms with Gasteiger partial charge in [-0.1, -0.05) is 0 Å². The zero-order chi connectivity index (χ0) is 31.0. The summed E-state index contributed by atoms with van der Waals surface area (Å²) >= 11 is 0. The SMILES string of the molecule is CO[C@H]1O[C@H](COC(C)=O)[C@@H](OC(C)=O)[C@H](OC(C)=O)[C@H]1C[C@H]1O[C@@H](C)[C@@H](OC(C)=O)[C@@H](OC(C)=O)[C@@H]1OC(C)=O. The summed E-state index contributed by atoms with van der Waals surface area (Å²) < 4.78 is 50.1. The van der Waals surface area contributed by atoms with E-state index in [1.807, 2.05) is 0 Å². The van der Waals surface area contributed by atoms with Crippen LogP contribution in [-0.2, 0) is 71.4 Å². The van der Waals surface area contributed by atoms with Crippen molar-refractivity contribution in [3.8, 4) is 0 Å². The maximum Gasteiger partial charge on any atom is 0.303 e. The van der Waals surface area contributed by atoms with Crippen molar-refractivity contribution in [2.45, 2.75) is 110 Å². The van der Waals surface area contributed by atoms with Crippen LogP contribution in [-0.4, -0.2) is 105 Å². The Kier molecular flexibility index (Phi) is 12.5. The molecule has 0 N–H and O–H groups in total. The Labute approximate surface area is 237 Å². The second kappa shape index (κ2) is 15.1. The molecule has 2 aliphatic rings. The molecule has 0 aliphatic carbocycles. The van der Waals surface area contributed by atoms with Crippen LogP contribution in [0.3, 0.4) is 0 Å². The molecule has 0 aromatic rings. The Morgan fingerprint density at radius 3 is 1.46 bits per heavy atom. The number of esters is 6. The molecule has 0 spiro atoms. The summed E-state index contributed by atoms with van der Waals surface area (Å²) in [4.78, 5) is 71.7. The maximum atomic E-state index is 12.2. The summed E-state index contributed by atoms with van der Waals surface area (Å²) in [5.41, 5.74) is 0. The van der Waals surface area contributed by atoms with Gasteiger partial charge in [0.15, 0.2) is 30.7 Å². The lowest BCUT2D eigenvalue weighted by molar-refractivity contribution is -0.297. The topological polar surface area (TPSA) is 185 Å². The van der Waals surface area contributed by atoms with Gasteiger partial charge in [-0.15, -0.1) is 0 Å². The molecule has 2 saturated heterocycles. The molecule has 10 atom stereocenters. The van der Waals surface area contributed by atoms with Crippen LogP contribution in [0.1, 0.15) is 54.9 Å². The van der Waals surface area contributed by atoms with Crippen LogP contribution in [0.25, 0.3) is 0 Å². The Morgan fingerprint density at radius 2 is 1.00 bits per heavy atom. The van der Waals surface area contributed by atoms with Crippen LogP contribution in [0.2, 0.25) is 0 Å². The molecule has 2 rings (SSSR count). The standard InChI is InChI=1S/C26H38O15/c1-11-21(36-13(3)28)25(40-17(7)32)23(38-15(5)30)19(35-11)9-18-22(37-14(4)29)24(39-16(6)31)20(10-34-12(2)27)41-26(18)33-8/h11,18-26H,9-10H2,1-8H3/t11-,18+,19+,20+,21+,22+,23+,24+,25+,26-/m0/s1. The van der Waals surface area contributed by atoms with E-state index in [2.05, 4.69) is 0 Å². The third kappa shape index (κ3) is 9.64. The summed E-state index contributed by atoms with van der Waals surface area (Å²) in [5, 5.41) is 0. The van der Waals surface area contributed by atoms with Crippen molar-refractivity contribution >= 4 is 35.8 Å². The zero-order valence-electron chi connectivity index (χ0n) is 24.3. The predicted octanol–water partition coefficient (Wildman–Crippen LogP) is 0.373. The number of methoxy groups -OCH3 is 1. The summed E-state index contributed by atoms with van der Waals surface area (Å²) in [5.74, 6) is -5.13. The van der Waals surface area contributed by atoms with E-state index in [0.717, 1.165) is 34.6 Å². The van der Waals surface area contributed by atoms with Crippen LogP contribution in [0, 0.1) is 5.92 Å². The van der Waals surface area contributed by atoms with E-state index in [0.29, 0.717) is 0 Å². The molecule has 0 amide bonds. The summed E-state index contributed by atoms with van der Waals surface area (Å²) in [7, 11) is 1.32. The van der Waals surface area contributed by atoms with Crippen LogP contribution >= 0.6 is 0 Å². The fourth-order valence-electron chi connectivity index (χ4n) is 5.02. The first-order valence-corrected chi connectivity index (χ1v) is 13.0. The molecular weight excluding hydrogens is 552 g/mol. The van der Waals surface area contributed by atoms with Gasteiger partial charge < -0.3 is 42.6 Å². The molecule has 0 aromatic carbocycles. The van der Waals surface area contributed by atoms with Gasteiger partial charge in [-0.25, -0.2) is 0 Å². The fourth-order valence-corrected chi connectivity index (χ4v) is 5.02. The smallest absolute Gasteiger partial charge is 0.303 e. The number of carbonyl (C=O) groups excluding carboxylic acids is 6. The minimum atomic E-state index is -1.28. The number of ether oxygens (including phenoxy) is 9. The Balaban J connectivity index is 2.54. The Morgan fingerprint density at radius 1 is 0.561 bits per heavy atom. The van der Waals surface area contributed by atoms with Gasteiger partial charge >= 0.3 is 35.8 Å². The highest BCUT2D eigenvalue weighted by atomic mass is 16.7. The van der Waals surface area contributed by atoms with Crippen molar-refractivity contribution in [1.29, 1.82) is 0 Å². The van der Waals surface area contributed by atoms with Crippen molar-refractivity contribution in [3.63, 3.8) is 0 Å². The first kappa shape index (κ1) is 33.9. The average molecular weight is 591 g/mol. The Bertz CT molecular complexity index is 980. The van der Waals surface area contributed by atoms with Crippen molar-refractivity contribution in [2.24, 2.45) is 5.92 Å². The molecule has 15 nitrogen and oxygen atoms in total. The molecule has 2 heterocycles. The second-order valence-corrected chi connectivity index (χ2v) is 9.73. The second-order valence-electron chi connectivity index (χ2n) is 9.73. The molecule has 232 valence electrons. The molecule has 2 aliphatic heterocycles. The van der Waals surface area contributed by atoms with E-state index in [1.165, 1.54) is 14.0 Å². The number of hydrogen-bond donors (Lipinski definition) is 0. The van der Waals surface area contributed by atoms with Crippen molar-refractivity contribution < 1.29 is 71.4 Å². The van der Waals surface area contributed by atoms with Gasteiger partial charge in [0.1, 0.15) is 18.8 Å². The van der Waals surface area contributed by atoms with Gasteiger partial charge in [0.05, 0.1) is 18.1 Å². The normalized spacial score (nSPS) is 33.1. The van der Waals surface area contributed by atoms with Crippen LogP contribution in [0.4, 0.5) is 0 Å². The van der Waals surface area contributed by atoms with Gasteiger partial charge in [-0.3, -0.25) is 28.8 Å². The van der Waals surface area contributed by atoms with Crippen molar-refractivity contribution in [2.75, 3.05) is 13.7 Å². The van der Waals surface area contributed by atoms with E-state index < -0.39 is 96.9 Å². The third-order valence-corrected chi connectivity index (χ3v) is 6.33.